The van der Waals surface area contributed by atoms with Gasteiger partial charge in [0.25, 0.3) is 0 Å². The monoisotopic (exact) mass is 486 g/mol. The fraction of sp³-hybridized carbons (Fsp3) is 0.379. The number of rotatable bonds is 7. The van der Waals surface area contributed by atoms with Crippen molar-refractivity contribution >= 4 is 11.7 Å². The van der Waals surface area contributed by atoms with Crippen LogP contribution in [-0.4, -0.2) is 48.8 Å². The third-order valence-corrected chi connectivity index (χ3v) is 7.83. The van der Waals surface area contributed by atoms with E-state index in [4.69, 9.17) is 9.47 Å². The van der Waals surface area contributed by atoms with Gasteiger partial charge in [-0.15, -0.1) is 0 Å². The van der Waals surface area contributed by atoms with Crippen molar-refractivity contribution in [3.05, 3.63) is 84.2 Å². The van der Waals surface area contributed by atoms with Gasteiger partial charge in [-0.05, 0) is 67.6 Å². The van der Waals surface area contributed by atoms with Gasteiger partial charge in [-0.1, -0.05) is 36.4 Å². The number of hydrogen-bond acceptors (Lipinski definition) is 5. The molecule has 2 amide bonds. The lowest BCUT2D eigenvalue weighted by molar-refractivity contribution is 0.131. The molecule has 1 saturated heterocycles. The summed E-state index contributed by atoms with van der Waals surface area (Å²) in [6, 6.07) is 20.8. The quantitative estimate of drug-likeness (QED) is 0.492. The van der Waals surface area contributed by atoms with Gasteiger partial charge >= 0.3 is 6.03 Å². The fourth-order valence-electron chi connectivity index (χ4n) is 6.05. The Balaban J connectivity index is 1.39. The van der Waals surface area contributed by atoms with Crippen molar-refractivity contribution in [2.45, 2.75) is 49.7 Å². The predicted octanol–water partition coefficient (Wildman–Crippen LogP) is 4.99. The van der Waals surface area contributed by atoms with E-state index in [1.54, 1.807) is 38.7 Å². The first-order valence-electron chi connectivity index (χ1n) is 12.6. The van der Waals surface area contributed by atoms with Gasteiger partial charge < -0.3 is 20.1 Å². The van der Waals surface area contributed by atoms with E-state index in [0.29, 0.717) is 6.04 Å². The standard InChI is InChI=1S/C29H34N4O3/c1-35-25-9-8-22(18-26(25)36-2)29-13-10-24(32-28(34)31-23-11-15-30-16-12-23)19-27(29)33(17-14-29)20-21-6-4-3-5-7-21/h3-9,11-12,15-16,18,24,27H,10,13-14,17,19-20H2,1-2H3,(H2,30,31,32,34)/t24-,27+,29+/m1/s1. The van der Waals surface area contributed by atoms with Crippen LogP contribution in [0, 0.1) is 0 Å². The van der Waals surface area contributed by atoms with Crippen LogP contribution in [0.1, 0.15) is 36.8 Å². The molecule has 2 aromatic carbocycles. The average Bonchev–Trinajstić information content (AvgIpc) is 3.28. The molecule has 2 fully saturated rings. The van der Waals surface area contributed by atoms with Crippen LogP contribution in [0.5, 0.6) is 11.5 Å². The van der Waals surface area contributed by atoms with E-state index in [1.165, 1.54) is 11.1 Å². The summed E-state index contributed by atoms with van der Waals surface area (Å²) in [6.07, 6.45) is 7.24. The number of carbonyl (C=O) groups is 1. The second-order valence-corrected chi connectivity index (χ2v) is 9.75. The summed E-state index contributed by atoms with van der Waals surface area (Å²) < 4.78 is 11.2. The lowest BCUT2D eigenvalue weighted by Crippen LogP contribution is -2.52. The molecule has 3 aromatic rings. The number of methoxy groups -OCH3 is 2. The number of amides is 2. The van der Waals surface area contributed by atoms with Crippen LogP contribution in [-0.2, 0) is 12.0 Å². The van der Waals surface area contributed by atoms with Crippen LogP contribution in [0.3, 0.4) is 0 Å². The topological polar surface area (TPSA) is 75.7 Å². The van der Waals surface area contributed by atoms with Crippen LogP contribution in [0.2, 0.25) is 0 Å². The summed E-state index contributed by atoms with van der Waals surface area (Å²) >= 11 is 0. The number of likely N-dealkylation sites (tertiary alicyclic amines) is 1. The molecular formula is C29H34N4O3. The number of carbonyl (C=O) groups excluding carboxylic acids is 1. The maximum atomic E-state index is 12.8. The predicted molar refractivity (Wildman–Crippen MR) is 141 cm³/mol. The Morgan fingerprint density at radius 3 is 2.56 bits per heavy atom. The molecule has 0 bridgehead atoms. The van der Waals surface area contributed by atoms with E-state index in [1.807, 2.05) is 6.07 Å². The molecule has 1 aromatic heterocycles. The molecule has 5 rings (SSSR count). The van der Waals surface area contributed by atoms with Gasteiger partial charge in [0.15, 0.2) is 11.5 Å². The molecule has 0 radical (unpaired) electrons. The number of pyridine rings is 1. The van der Waals surface area contributed by atoms with Crippen molar-refractivity contribution in [2.75, 3.05) is 26.1 Å². The smallest absolute Gasteiger partial charge is 0.319 e. The molecule has 7 heteroatoms. The van der Waals surface area contributed by atoms with Gasteiger partial charge in [-0.3, -0.25) is 9.88 Å². The lowest BCUT2D eigenvalue weighted by Gasteiger charge is -2.45. The number of benzene rings is 2. The Morgan fingerprint density at radius 1 is 1.03 bits per heavy atom. The fourth-order valence-corrected chi connectivity index (χ4v) is 6.05. The zero-order chi connectivity index (χ0) is 25.0. The van der Waals surface area contributed by atoms with E-state index in [0.717, 1.165) is 56.0 Å². The van der Waals surface area contributed by atoms with Crippen LogP contribution >= 0.6 is 0 Å². The molecule has 2 aliphatic rings. The van der Waals surface area contributed by atoms with Crippen molar-refractivity contribution < 1.29 is 14.3 Å². The molecular weight excluding hydrogens is 452 g/mol. The summed E-state index contributed by atoms with van der Waals surface area (Å²) in [4.78, 5) is 19.4. The van der Waals surface area contributed by atoms with Crippen molar-refractivity contribution in [3.8, 4) is 11.5 Å². The summed E-state index contributed by atoms with van der Waals surface area (Å²) in [7, 11) is 3.36. The highest BCUT2D eigenvalue weighted by Gasteiger charge is 2.51. The van der Waals surface area contributed by atoms with Crippen LogP contribution in [0.15, 0.2) is 73.1 Å². The number of nitrogens with one attached hydrogen (secondary N) is 2. The number of hydrogen-bond donors (Lipinski definition) is 2. The first-order valence-corrected chi connectivity index (χ1v) is 12.6. The van der Waals surface area contributed by atoms with Gasteiger partial charge in [0, 0.05) is 42.1 Å². The zero-order valence-electron chi connectivity index (χ0n) is 20.9. The minimum atomic E-state index is -0.169. The molecule has 3 atom stereocenters. The highest BCUT2D eigenvalue weighted by molar-refractivity contribution is 5.89. The van der Waals surface area contributed by atoms with Crippen molar-refractivity contribution in [1.29, 1.82) is 0 Å². The van der Waals surface area contributed by atoms with Crippen molar-refractivity contribution in [3.63, 3.8) is 0 Å². The van der Waals surface area contributed by atoms with Crippen LogP contribution in [0.4, 0.5) is 10.5 Å². The van der Waals surface area contributed by atoms with Gasteiger partial charge in [-0.2, -0.15) is 0 Å². The molecule has 188 valence electrons. The second-order valence-electron chi connectivity index (χ2n) is 9.75. The molecule has 7 nitrogen and oxygen atoms in total. The molecule has 1 aliphatic carbocycles. The minimum absolute atomic E-state index is 0.00802. The molecule has 1 aliphatic heterocycles. The Hall–Kier alpha value is -3.58. The molecule has 1 saturated carbocycles. The first kappa shape index (κ1) is 24.1. The van der Waals surface area contributed by atoms with Gasteiger partial charge in [0.1, 0.15) is 0 Å². The number of nitrogens with zero attached hydrogens (tertiary/aromatic N) is 2. The van der Waals surface area contributed by atoms with Crippen molar-refractivity contribution in [1.82, 2.24) is 15.2 Å². The van der Waals surface area contributed by atoms with Crippen LogP contribution in [0.25, 0.3) is 0 Å². The van der Waals surface area contributed by atoms with Crippen molar-refractivity contribution in [2.24, 2.45) is 0 Å². The summed E-state index contributed by atoms with van der Waals surface area (Å²) in [5.74, 6) is 1.51. The third kappa shape index (κ3) is 4.88. The summed E-state index contributed by atoms with van der Waals surface area (Å²) in [5, 5.41) is 6.17. The highest BCUT2D eigenvalue weighted by Crippen LogP contribution is 2.50. The number of urea groups is 1. The Labute approximate surface area is 212 Å². The van der Waals surface area contributed by atoms with Crippen LogP contribution < -0.4 is 20.1 Å². The number of anilines is 1. The normalized spacial score (nSPS) is 23.5. The maximum absolute atomic E-state index is 12.8. The molecule has 0 unspecified atom stereocenters. The molecule has 2 heterocycles. The molecule has 2 N–H and O–H groups in total. The van der Waals surface area contributed by atoms with E-state index >= 15 is 0 Å². The van der Waals surface area contributed by atoms with E-state index in [-0.39, 0.29) is 17.5 Å². The van der Waals surface area contributed by atoms with Gasteiger partial charge in [0.05, 0.1) is 14.2 Å². The Bertz CT molecular complexity index is 1170. The Kier molecular flexibility index (Phi) is 7.09. The number of fused-ring (bicyclic) bond motifs is 1. The lowest BCUT2D eigenvalue weighted by atomic mass is 9.65. The first-order chi connectivity index (χ1) is 17.6. The maximum Gasteiger partial charge on any atom is 0.319 e. The minimum Gasteiger partial charge on any atom is -0.493 e. The van der Waals surface area contributed by atoms with E-state index < -0.39 is 0 Å². The summed E-state index contributed by atoms with van der Waals surface area (Å²) in [6.45, 7) is 1.92. The summed E-state index contributed by atoms with van der Waals surface area (Å²) in [5.41, 5.74) is 3.35. The second kappa shape index (κ2) is 10.6. The van der Waals surface area contributed by atoms with E-state index in [2.05, 4.69) is 63.0 Å². The van der Waals surface area contributed by atoms with Gasteiger partial charge in [-0.25, -0.2) is 4.79 Å². The van der Waals surface area contributed by atoms with E-state index in [9.17, 15) is 4.79 Å². The number of aromatic nitrogens is 1. The third-order valence-electron chi connectivity index (χ3n) is 7.83. The Morgan fingerprint density at radius 2 is 1.81 bits per heavy atom. The largest absolute Gasteiger partial charge is 0.493 e. The molecule has 0 spiro atoms. The average molecular weight is 487 g/mol. The molecule has 36 heavy (non-hydrogen) atoms. The zero-order valence-corrected chi connectivity index (χ0v) is 20.9. The number of ether oxygens (including phenoxy) is 2. The highest BCUT2D eigenvalue weighted by atomic mass is 16.5. The SMILES string of the molecule is COc1ccc([C@@]23CC[C@@H](NC(=O)Nc4ccncc4)C[C@@H]2N(Cc2ccccc2)CC3)cc1OC. The van der Waals surface area contributed by atoms with Gasteiger partial charge in [0.2, 0.25) is 0 Å².